The lowest BCUT2D eigenvalue weighted by Gasteiger charge is -2.27. The highest BCUT2D eigenvalue weighted by molar-refractivity contribution is 7.20. The second-order valence-corrected chi connectivity index (χ2v) is 8.84. The third kappa shape index (κ3) is 4.87. The molecule has 0 aliphatic carbocycles. The van der Waals surface area contributed by atoms with E-state index in [9.17, 15) is 0 Å². The van der Waals surface area contributed by atoms with Gasteiger partial charge in [0.15, 0.2) is 0 Å². The van der Waals surface area contributed by atoms with Crippen molar-refractivity contribution in [1.82, 2.24) is 0 Å². The van der Waals surface area contributed by atoms with E-state index in [4.69, 9.17) is 0 Å². The molecule has 2 rings (SSSR count). The Balaban J connectivity index is 2.76. The third-order valence-corrected chi connectivity index (χ3v) is 6.78. The topological polar surface area (TPSA) is 3.24 Å². The molecule has 0 N–H and O–H groups in total. The quantitative estimate of drug-likeness (QED) is 0.366. The molecule has 2 heteroatoms. The first-order chi connectivity index (χ1) is 14.4. The fourth-order valence-corrected chi connectivity index (χ4v) is 5.30. The number of nitrogens with zero attached hydrogens (tertiary/aromatic N) is 1. The number of aryl methyl sites for hydroxylation is 1. The van der Waals surface area contributed by atoms with Crippen LogP contribution in [0.3, 0.4) is 0 Å². The molecule has 1 nitrogen and oxygen atoms in total. The summed E-state index contributed by atoms with van der Waals surface area (Å²) in [6.45, 7) is 17.2. The van der Waals surface area contributed by atoms with Gasteiger partial charge in [-0.1, -0.05) is 63.3 Å². The maximum Gasteiger partial charge on any atom is 0.0445 e. The smallest absolute Gasteiger partial charge is 0.0445 e. The van der Waals surface area contributed by atoms with Gasteiger partial charge in [0.2, 0.25) is 0 Å². The normalized spacial score (nSPS) is 14.2. The molecular formula is C28H37NS. The highest BCUT2D eigenvalue weighted by atomic mass is 32.1. The lowest BCUT2D eigenvalue weighted by molar-refractivity contribution is 0.607. The van der Waals surface area contributed by atoms with Gasteiger partial charge in [-0.2, -0.15) is 0 Å². The molecule has 0 saturated carbocycles. The maximum atomic E-state index is 4.03. The predicted molar refractivity (Wildman–Crippen MR) is 140 cm³/mol. The number of rotatable bonds is 9. The standard InChI is InChI=1S/C28H37NS/c1-9-14-20(6)22(15-10-2)25(17-12-4)29(8)24-18-19-27-28(21(24)7)23(16-11-3)26(13-5)30-27/h10-13,15-20H,5,9,14H2,1-4,6-8H3/b15-10-,16-11-,17-12-,25-22-. The summed E-state index contributed by atoms with van der Waals surface area (Å²) in [5.41, 5.74) is 6.51. The van der Waals surface area contributed by atoms with Gasteiger partial charge in [0.1, 0.15) is 0 Å². The van der Waals surface area contributed by atoms with E-state index in [0.29, 0.717) is 5.92 Å². The summed E-state index contributed by atoms with van der Waals surface area (Å²) in [6, 6.07) is 4.53. The summed E-state index contributed by atoms with van der Waals surface area (Å²) < 4.78 is 1.32. The maximum absolute atomic E-state index is 4.03. The second kappa shape index (κ2) is 11.2. The predicted octanol–water partition coefficient (Wildman–Crippen LogP) is 9.16. The van der Waals surface area contributed by atoms with Crippen LogP contribution in [0.15, 0.2) is 60.4 Å². The molecule has 0 fully saturated rings. The largest absolute Gasteiger partial charge is 0.344 e. The van der Waals surface area contributed by atoms with E-state index in [1.165, 1.54) is 55.9 Å². The monoisotopic (exact) mass is 419 g/mol. The van der Waals surface area contributed by atoms with Crippen molar-refractivity contribution < 1.29 is 0 Å². The zero-order valence-corrected chi connectivity index (χ0v) is 20.6. The molecule has 0 amide bonds. The Labute approximate surface area is 187 Å². The molecule has 0 aliphatic rings. The van der Waals surface area contributed by atoms with E-state index >= 15 is 0 Å². The van der Waals surface area contributed by atoms with Crippen LogP contribution in [0.5, 0.6) is 0 Å². The van der Waals surface area contributed by atoms with Crippen LogP contribution < -0.4 is 4.90 Å². The van der Waals surface area contributed by atoms with Crippen LogP contribution in [-0.4, -0.2) is 7.05 Å². The molecule has 1 aromatic heterocycles. The molecule has 1 heterocycles. The number of fused-ring (bicyclic) bond motifs is 1. The Bertz CT molecular complexity index is 997. The Hall–Kier alpha value is -2.32. The lowest BCUT2D eigenvalue weighted by atomic mass is 9.93. The van der Waals surface area contributed by atoms with E-state index < -0.39 is 0 Å². The Morgan fingerprint density at radius 3 is 2.40 bits per heavy atom. The molecule has 30 heavy (non-hydrogen) atoms. The Kier molecular flexibility index (Phi) is 8.92. The molecule has 1 atom stereocenters. The van der Waals surface area contributed by atoms with Crippen molar-refractivity contribution in [3.8, 4) is 0 Å². The molecule has 0 spiro atoms. The number of benzene rings is 1. The van der Waals surface area contributed by atoms with E-state index in [-0.39, 0.29) is 0 Å². The molecular weight excluding hydrogens is 382 g/mol. The highest BCUT2D eigenvalue weighted by Gasteiger charge is 2.19. The van der Waals surface area contributed by atoms with E-state index in [2.05, 4.69) is 109 Å². The molecule has 0 saturated heterocycles. The van der Waals surface area contributed by atoms with Gasteiger partial charge < -0.3 is 4.90 Å². The number of allylic oxidation sites excluding steroid dienone is 6. The van der Waals surface area contributed by atoms with Crippen LogP contribution in [0.4, 0.5) is 5.69 Å². The summed E-state index contributed by atoms with van der Waals surface area (Å²) in [5.74, 6) is 0.510. The third-order valence-electron chi connectivity index (χ3n) is 5.61. The van der Waals surface area contributed by atoms with Crippen molar-refractivity contribution in [2.75, 3.05) is 11.9 Å². The Morgan fingerprint density at radius 2 is 1.83 bits per heavy atom. The van der Waals surface area contributed by atoms with Gasteiger partial charge in [-0.3, -0.25) is 0 Å². The summed E-state index contributed by atoms with van der Waals surface area (Å²) in [7, 11) is 2.20. The van der Waals surface area contributed by atoms with Crippen molar-refractivity contribution in [3.05, 3.63) is 76.4 Å². The molecule has 1 aromatic carbocycles. The molecule has 1 unspecified atom stereocenters. The summed E-state index contributed by atoms with van der Waals surface area (Å²) >= 11 is 1.82. The molecule has 0 bridgehead atoms. The van der Waals surface area contributed by atoms with Crippen molar-refractivity contribution in [2.45, 2.75) is 54.4 Å². The van der Waals surface area contributed by atoms with Crippen LogP contribution in [0.25, 0.3) is 22.2 Å². The summed E-state index contributed by atoms with van der Waals surface area (Å²) in [6.07, 6.45) is 17.5. The van der Waals surface area contributed by atoms with Crippen LogP contribution in [0, 0.1) is 12.8 Å². The molecule has 0 radical (unpaired) electrons. The molecule has 2 aromatic rings. The number of hydrogen-bond donors (Lipinski definition) is 0. The van der Waals surface area contributed by atoms with Crippen LogP contribution >= 0.6 is 11.3 Å². The van der Waals surface area contributed by atoms with Crippen molar-refractivity contribution in [2.24, 2.45) is 5.92 Å². The van der Waals surface area contributed by atoms with Crippen molar-refractivity contribution in [1.29, 1.82) is 0 Å². The number of hydrogen-bond acceptors (Lipinski definition) is 2. The van der Waals surface area contributed by atoms with Gasteiger partial charge in [0.25, 0.3) is 0 Å². The van der Waals surface area contributed by atoms with Crippen molar-refractivity contribution in [3.63, 3.8) is 0 Å². The first kappa shape index (κ1) is 24.0. The molecule has 0 aliphatic heterocycles. The zero-order valence-electron chi connectivity index (χ0n) is 19.8. The van der Waals surface area contributed by atoms with Gasteiger partial charge in [0.05, 0.1) is 0 Å². The lowest BCUT2D eigenvalue weighted by Crippen LogP contribution is -2.20. The van der Waals surface area contributed by atoms with Crippen molar-refractivity contribution >= 4 is 39.3 Å². The van der Waals surface area contributed by atoms with Gasteiger partial charge >= 0.3 is 0 Å². The minimum atomic E-state index is 0.510. The molecule has 160 valence electrons. The fourth-order valence-electron chi connectivity index (χ4n) is 4.20. The summed E-state index contributed by atoms with van der Waals surface area (Å²) in [4.78, 5) is 3.60. The first-order valence-corrected chi connectivity index (χ1v) is 11.8. The fraction of sp³-hybridized carbons (Fsp3) is 0.357. The van der Waals surface area contributed by atoms with E-state index in [1.807, 2.05) is 17.4 Å². The highest BCUT2D eigenvalue weighted by Crippen LogP contribution is 2.40. The average molecular weight is 420 g/mol. The van der Waals surface area contributed by atoms with Crippen LogP contribution in [0.1, 0.15) is 63.5 Å². The van der Waals surface area contributed by atoms with Gasteiger partial charge in [-0.05, 0) is 69.4 Å². The zero-order chi connectivity index (χ0) is 22.3. The van der Waals surface area contributed by atoms with E-state index in [0.717, 1.165) is 0 Å². The number of anilines is 1. The first-order valence-electron chi connectivity index (χ1n) is 11.0. The van der Waals surface area contributed by atoms with Crippen LogP contribution in [-0.2, 0) is 0 Å². The van der Waals surface area contributed by atoms with Gasteiger partial charge in [-0.15, -0.1) is 11.3 Å². The summed E-state index contributed by atoms with van der Waals surface area (Å²) in [5, 5.41) is 1.34. The minimum absolute atomic E-state index is 0.510. The van der Waals surface area contributed by atoms with E-state index in [1.54, 1.807) is 0 Å². The minimum Gasteiger partial charge on any atom is -0.344 e. The number of thiophene rings is 1. The SMILES string of the molecule is C=Cc1sc2ccc(N(C)C(/C=C\C)=C(/C=C\C)C(C)CCC)c(C)c2c1/C=C\C. The second-order valence-electron chi connectivity index (χ2n) is 7.76. The number of likely N-dealkylation sites (N-methyl/N-ethyl adjacent to an activating group) is 1. The average Bonchev–Trinajstić information content (AvgIpc) is 3.09. The van der Waals surface area contributed by atoms with Crippen LogP contribution in [0.2, 0.25) is 0 Å². The Morgan fingerprint density at radius 1 is 1.13 bits per heavy atom. The van der Waals surface area contributed by atoms with Gasteiger partial charge in [0, 0.05) is 39.0 Å². The van der Waals surface area contributed by atoms with Gasteiger partial charge in [-0.25, -0.2) is 0 Å².